The van der Waals surface area contributed by atoms with Gasteiger partial charge in [-0.3, -0.25) is 0 Å². The number of rotatable bonds is 6. The van der Waals surface area contributed by atoms with E-state index in [-0.39, 0.29) is 0 Å². The van der Waals surface area contributed by atoms with E-state index in [0.29, 0.717) is 24.4 Å². The molecule has 25 heavy (non-hydrogen) atoms. The van der Waals surface area contributed by atoms with E-state index in [9.17, 15) is 0 Å². The number of nitrogens with zero attached hydrogens (tertiary/aromatic N) is 5. The van der Waals surface area contributed by atoms with Gasteiger partial charge in [-0.15, -0.1) is 10.2 Å². The maximum Gasteiger partial charge on any atom is 0.179 e. The van der Waals surface area contributed by atoms with Crippen LogP contribution in [0.2, 0.25) is 0 Å². The van der Waals surface area contributed by atoms with Gasteiger partial charge in [-0.2, -0.15) is 10.1 Å². The van der Waals surface area contributed by atoms with Gasteiger partial charge in [0.1, 0.15) is 0 Å². The molecule has 0 unspecified atom stereocenters. The lowest BCUT2D eigenvalue weighted by Gasteiger charge is -1.96. The van der Waals surface area contributed by atoms with E-state index in [1.54, 1.807) is 16.9 Å². The summed E-state index contributed by atoms with van der Waals surface area (Å²) in [5, 5.41) is 21.3. The third-order valence-electron chi connectivity index (χ3n) is 3.54. The van der Waals surface area contributed by atoms with Crippen molar-refractivity contribution in [3.63, 3.8) is 0 Å². The average molecular weight is 327 g/mol. The molecule has 0 aliphatic rings. The van der Waals surface area contributed by atoms with E-state index in [1.165, 1.54) is 0 Å². The lowest BCUT2D eigenvalue weighted by molar-refractivity contribution is 0.580. The highest BCUT2D eigenvalue weighted by Gasteiger charge is 2.03. The van der Waals surface area contributed by atoms with Gasteiger partial charge in [0.2, 0.25) is 0 Å². The summed E-state index contributed by atoms with van der Waals surface area (Å²) >= 11 is 0. The van der Waals surface area contributed by atoms with Gasteiger partial charge in [-0.25, -0.2) is 0 Å². The Balaban J connectivity index is 1.52. The Labute approximate surface area is 146 Å². The third-order valence-corrected chi connectivity index (χ3v) is 3.54. The van der Waals surface area contributed by atoms with Crippen molar-refractivity contribution >= 4 is 6.08 Å². The summed E-state index contributed by atoms with van der Waals surface area (Å²) in [6, 6.07) is 19.6. The van der Waals surface area contributed by atoms with Crippen LogP contribution < -0.4 is 0 Å². The molecule has 122 valence electrons. The molecule has 0 radical (unpaired) electrons. The molecule has 0 bridgehead atoms. The first-order chi connectivity index (χ1) is 12.3. The maximum atomic E-state index is 8.81. The highest BCUT2D eigenvalue weighted by molar-refractivity contribution is 5.50. The van der Waals surface area contributed by atoms with Gasteiger partial charge in [0.25, 0.3) is 0 Å². The van der Waals surface area contributed by atoms with Crippen LogP contribution in [0.5, 0.6) is 0 Å². The maximum absolute atomic E-state index is 8.81. The first kappa shape index (κ1) is 16.3. The molecule has 1 aromatic heterocycles. The third kappa shape index (κ3) is 4.98. The molecule has 0 N–H and O–H groups in total. The van der Waals surface area contributed by atoms with E-state index < -0.39 is 0 Å². The Hall–Kier alpha value is -3.52. The minimum atomic E-state index is 0.569. The SMILES string of the molecule is N#Cc1ccc(Cc2nnn(C/C=C/C=C/c3ccccc3)n2)cc1. The number of aromatic nitrogens is 4. The van der Waals surface area contributed by atoms with Crippen LogP contribution in [0.3, 0.4) is 0 Å². The topological polar surface area (TPSA) is 67.4 Å². The predicted molar refractivity (Wildman–Crippen MR) is 96.4 cm³/mol. The molecule has 0 spiro atoms. The Morgan fingerprint density at radius 2 is 1.80 bits per heavy atom. The first-order valence-corrected chi connectivity index (χ1v) is 7.97. The molecule has 5 nitrogen and oxygen atoms in total. The Morgan fingerprint density at radius 3 is 2.56 bits per heavy atom. The van der Waals surface area contributed by atoms with Crippen molar-refractivity contribution in [2.75, 3.05) is 0 Å². The molecular formula is C20H17N5. The van der Waals surface area contributed by atoms with Crippen LogP contribution >= 0.6 is 0 Å². The second kappa shape index (κ2) is 8.37. The zero-order chi connectivity index (χ0) is 17.3. The van der Waals surface area contributed by atoms with Crippen LogP contribution in [0, 0.1) is 11.3 Å². The minimum Gasteiger partial charge on any atom is -0.192 e. The molecule has 2 aromatic carbocycles. The second-order valence-electron chi connectivity index (χ2n) is 5.44. The zero-order valence-corrected chi connectivity index (χ0v) is 13.7. The molecule has 0 fully saturated rings. The van der Waals surface area contributed by atoms with E-state index in [1.807, 2.05) is 54.6 Å². The molecule has 0 aliphatic heterocycles. The largest absolute Gasteiger partial charge is 0.192 e. The van der Waals surface area contributed by atoms with Gasteiger partial charge < -0.3 is 0 Å². The summed E-state index contributed by atoms with van der Waals surface area (Å²) in [6.07, 6.45) is 8.58. The number of hydrogen-bond donors (Lipinski definition) is 0. The number of benzene rings is 2. The fraction of sp³-hybridized carbons (Fsp3) is 0.100. The van der Waals surface area contributed by atoms with Crippen molar-refractivity contribution in [2.45, 2.75) is 13.0 Å². The molecule has 0 aliphatic carbocycles. The standard InChI is InChI=1S/C20H17N5/c21-16-19-12-10-18(11-13-19)15-20-22-24-25(23-20)14-6-2-5-9-17-7-3-1-4-8-17/h1-13H,14-15H2/b6-2+,9-5+. The number of hydrogen-bond acceptors (Lipinski definition) is 4. The molecule has 0 saturated carbocycles. The fourth-order valence-electron chi connectivity index (χ4n) is 2.27. The van der Waals surface area contributed by atoms with Gasteiger partial charge in [-0.05, 0) is 28.5 Å². The van der Waals surface area contributed by atoms with E-state index in [0.717, 1.165) is 11.1 Å². The van der Waals surface area contributed by atoms with Gasteiger partial charge >= 0.3 is 0 Å². The van der Waals surface area contributed by atoms with Crippen molar-refractivity contribution in [1.29, 1.82) is 5.26 Å². The van der Waals surface area contributed by atoms with E-state index in [2.05, 4.69) is 33.6 Å². The second-order valence-corrected chi connectivity index (χ2v) is 5.44. The van der Waals surface area contributed by atoms with Crippen molar-refractivity contribution in [3.05, 3.63) is 95.3 Å². The van der Waals surface area contributed by atoms with Crippen LogP contribution in [0.4, 0.5) is 0 Å². The summed E-state index contributed by atoms with van der Waals surface area (Å²) in [5.74, 6) is 0.665. The highest BCUT2D eigenvalue weighted by atomic mass is 15.6. The molecule has 1 heterocycles. The summed E-state index contributed by atoms with van der Waals surface area (Å²) < 4.78 is 0. The zero-order valence-electron chi connectivity index (χ0n) is 13.7. The molecule has 0 atom stereocenters. The van der Waals surface area contributed by atoms with Crippen LogP contribution in [0.25, 0.3) is 6.08 Å². The van der Waals surface area contributed by atoms with Gasteiger partial charge in [0, 0.05) is 6.42 Å². The molecule has 3 aromatic rings. The van der Waals surface area contributed by atoms with Crippen molar-refractivity contribution in [2.24, 2.45) is 0 Å². The van der Waals surface area contributed by atoms with Gasteiger partial charge in [-0.1, -0.05) is 66.8 Å². The fourth-order valence-corrected chi connectivity index (χ4v) is 2.27. The number of nitriles is 1. The number of tetrazole rings is 1. The van der Waals surface area contributed by atoms with Crippen molar-refractivity contribution < 1.29 is 0 Å². The molecule has 0 amide bonds. The molecule has 3 rings (SSSR count). The smallest absolute Gasteiger partial charge is 0.179 e. The normalized spacial score (nSPS) is 11.2. The monoisotopic (exact) mass is 327 g/mol. The lowest BCUT2D eigenvalue weighted by Crippen LogP contribution is -2.00. The number of allylic oxidation sites excluding steroid dienone is 3. The summed E-state index contributed by atoms with van der Waals surface area (Å²) in [7, 11) is 0. The summed E-state index contributed by atoms with van der Waals surface area (Å²) in [4.78, 5) is 1.56. The molecule has 0 saturated heterocycles. The van der Waals surface area contributed by atoms with Crippen molar-refractivity contribution in [3.8, 4) is 6.07 Å². The molecule has 5 heteroatoms. The Morgan fingerprint density at radius 1 is 1.00 bits per heavy atom. The minimum absolute atomic E-state index is 0.569. The highest BCUT2D eigenvalue weighted by Crippen LogP contribution is 2.07. The first-order valence-electron chi connectivity index (χ1n) is 7.97. The van der Waals surface area contributed by atoms with Crippen LogP contribution in [-0.4, -0.2) is 20.2 Å². The molecular weight excluding hydrogens is 310 g/mol. The van der Waals surface area contributed by atoms with E-state index >= 15 is 0 Å². The van der Waals surface area contributed by atoms with Gasteiger partial charge in [0.05, 0.1) is 18.2 Å². The summed E-state index contributed by atoms with van der Waals surface area (Å²) in [6.45, 7) is 0.569. The predicted octanol–water partition coefficient (Wildman–Crippen LogP) is 3.41. The Bertz CT molecular complexity index is 899. The van der Waals surface area contributed by atoms with Crippen molar-refractivity contribution in [1.82, 2.24) is 20.2 Å². The van der Waals surface area contributed by atoms with Crippen LogP contribution in [-0.2, 0) is 13.0 Å². The quantitative estimate of drug-likeness (QED) is 0.651. The van der Waals surface area contributed by atoms with Crippen LogP contribution in [0.1, 0.15) is 22.5 Å². The lowest BCUT2D eigenvalue weighted by atomic mass is 10.1. The van der Waals surface area contributed by atoms with Crippen LogP contribution in [0.15, 0.2) is 72.8 Å². The van der Waals surface area contributed by atoms with Gasteiger partial charge in [0.15, 0.2) is 5.82 Å². The van der Waals surface area contributed by atoms with E-state index in [4.69, 9.17) is 5.26 Å². The summed E-state index contributed by atoms with van der Waals surface area (Å²) in [5.41, 5.74) is 2.87. The average Bonchev–Trinajstić information content (AvgIpc) is 3.10. The Kier molecular flexibility index (Phi) is 5.47.